The van der Waals surface area contributed by atoms with Crippen LogP contribution in [0.15, 0.2) is 27.0 Å². The molecule has 1 aromatic carbocycles. The number of phosphoric acid groups is 1. The quantitative estimate of drug-likeness (QED) is 0.229. The van der Waals surface area contributed by atoms with Gasteiger partial charge in [-0.2, -0.15) is 4.98 Å². The lowest BCUT2D eigenvalue weighted by atomic mass is 10.1. The number of benzene rings is 1. The van der Waals surface area contributed by atoms with Crippen LogP contribution < -0.4 is 11.3 Å². The fraction of sp³-hybridized carbons (Fsp3) is 0.312. The predicted octanol–water partition coefficient (Wildman–Crippen LogP) is -0.256. The highest BCUT2D eigenvalue weighted by atomic mass is 32.2. The molecule has 17 heteroatoms. The lowest BCUT2D eigenvalue weighted by molar-refractivity contribution is -0.0684. The van der Waals surface area contributed by atoms with Crippen LogP contribution in [-0.2, 0) is 18.3 Å². The number of hydrogen-bond acceptors (Lipinski definition) is 13. The van der Waals surface area contributed by atoms with E-state index in [2.05, 4.69) is 15.0 Å². The number of rotatable bonds is 3. The summed E-state index contributed by atoms with van der Waals surface area (Å²) in [6.07, 6.45) is -5.04. The van der Waals surface area contributed by atoms with E-state index in [4.69, 9.17) is 19.5 Å². The molecule has 15 nitrogen and oxygen atoms in total. The van der Waals surface area contributed by atoms with Gasteiger partial charge in [-0.05, 0) is 11.8 Å². The number of aromatic amines is 1. The number of aliphatic hydroxyl groups excluding tert-OH is 1. The van der Waals surface area contributed by atoms with E-state index in [1.807, 2.05) is 0 Å². The summed E-state index contributed by atoms with van der Waals surface area (Å²) in [6, 6.07) is 1.97. The first-order valence-electron chi connectivity index (χ1n) is 9.24. The molecule has 5 atom stereocenters. The van der Waals surface area contributed by atoms with Gasteiger partial charge >= 0.3 is 7.82 Å². The molecular formula is C16H16N5O10PS. The maximum Gasteiger partial charge on any atom is 0.472 e. The molecule has 0 bridgehead atoms. The second kappa shape index (κ2) is 7.59. The first kappa shape index (κ1) is 22.0. The number of anilines is 1. The van der Waals surface area contributed by atoms with Crippen molar-refractivity contribution in [1.82, 2.24) is 19.5 Å². The van der Waals surface area contributed by atoms with Crippen molar-refractivity contribution in [3.63, 3.8) is 0 Å². The number of aliphatic hydroxyl groups is 1. The maximum absolute atomic E-state index is 12.4. The van der Waals surface area contributed by atoms with Crippen molar-refractivity contribution in [2.45, 2.75) is 34.6 Å². The summed E-state index contributed by atoms with van der Waals surface area (Å²) < 4.78 is 28.5. The van der Waals surface area contributed by atoms with Crippen molar-refractivity contribution >= 4 is 36.7 Å². The third-order valence-corrected chi connectivity index (χ3v) is 7.06. The van der Waals surface area contributed by atoms with E-state index in [0.717, 1.165) is 12.1 Å². The fourth-order valence-electron chi connectivity index (χ4n) is 3.61. The summed E-state index contributed by atoms with van der Waals surface area (Å²) in [7, 11) is -4.40. The lowest BCUT2D eigenvalue weighted by Gasteiger charge is -2.27. The Morgan fingerprint density at radius 3 is 2.64 bits per heavy atom. The Balaban J connectivity index is 1.65. The van der Waals surface area contributed by atoms with E-state index in [1.165, 1.54) is 4.57 Å². The van der Waals surface area contributed by atoms with Gasteiger partial charge in [-0.15, -0.1) is 0 Å². The number of phenols is 3. The standard InChI is InChI=1S/C16H16N5O10PS/c17-15-19-12-8(13(26)20-15)18-16(33-11-5(23)1-4(22)2-6(11)24)21(12)14-9(25)10-7(30-14)3-29-32(27,28)31-10/h1-2,7,9-10,14,22-25H,3H2,(H,27,28)(H3,17,19,20,26)/t7-,9-,10-,14-/m1/s1. The van der Waals surface area contributed by atoms with Crippen molar-refractivity contribution < 1.29 is 43.7 Å². The maximum atomic E-state index is 12.4. The van der Waals surface area contributed by atoms with Gasteiger partial charge in [0.25, 0.3) is 5.56 Å². The molecule has 2 aliphatic rings. The van der Waals surface area contributed by atoms with Crippen LogP contribution in [-0.4, -0.2) is 69.8 Å². The van der Waals surface area contributed by atoms with E-state index in [-0.39, 0.29) is 33.8 Å². The number of fused-ring (bicyclic) bond motifs is 2. The summed E-state index contributed by atoms with van der Waals surface area (Å²) in [4.78, 5) is 32.4. The van der Waals surface area contributed by atoms with Crippen molar-refractivity contribution in [2.24, 2.45) is 0 Å². The molecule has 33 heavy (non-hydrogen) atoms. The van der Waals surface area contributed by atoms with E-state index in [1.54, 1.807) is 0 Å². The lowest BCUT2D eigenvalue weighted by Crippen LogP contribution is -2.39. The fourth-order valence-corrected chi connectivity index (χ4v) is 5.51. The number of phosphoric ester groups is 1. The Hall–Kier alpha value is -2.85. The molecule has 0 spiro atoms. The number of H-pyrrole nitrogens is 1. The molecule has 2 aliphatic heterocycles. The monoisotopic (exact) mass is 501 g/mol. The number of nitrogens with zero attached hydrogens (tertiary/aromatic N) is 3. The second-order valence-electron chi connectivity index (χ2n) is 7.19. The van der Waals surface area contributed by atoms with Crippen LogP contribution in [0.1, 0.15) is 6.23 Å². The highest BCUT2D eigenvalue weighted by molar-refractivity contribution is 7.99. The number of hydrogen-bond donors (Lipinski definition) is 7. The molecule has 4 heterocycles. The molecular weight excluding hydrogens is 485 g/mol. The molecule has 2 fully saturated rings. The third kappa shape index (κ3) is 3.71. The summed E-state index contributed by atoms with van der Waals surface area (Å²) >= 11 is 0.678. The number of aromatic hydroxyl groups is 3. The Morgan fingerprint density at radius 1 is 1.24 bits per heavy atom. The number of aromatic nitrogens is 4. The molecule has 5 rings (SSSR count). The van der Waals surface area contributed by atoms with Gasteiger partial charge in [0.15, 0.2) is 22.5 Å². The van der Waals surface area contributed by atoms with Gasteiger partial charge in [0.05, 0.1) is 11.5 Å². The molecule has 2 aromatic heterocycles. The molecule has 1 unspecified atom stereocenters. The molecule has 0 aliphatic carbocycles. The summed E-state index contributed by atoms with van der Waals surface area (Å²) in [6.45, 7) is -0.350. The minimum atomic E-state index is -4.40. The smallest absolute Gasteiger partial charge is 0.472 e. The Labute approximate surface area is 187 Å². The van der Waals surface area contributed by atoms with Crippen LogP contribution in [0.4, 0.5) is 5.95 Å². The van der Waals surface area contributed by atoms with Crippen LogP contribution in [0.5, 0.6) is 17.2 Å². The normalized spacial score (nSPS) is 29.4. The van der Waals surface area contributed by atoms with E-state index in [0.29, 0.717) is 11.8 Å². The minimum absolute atomic E-state index is 0.0688. The van der Waals surface area contributed by atoms with Gasteiger partial charge in [0.2, 0.25) is 5.95 Å². The van der Waals surface area contributed by atoms with Crippen molar-refractivity contribution in [2.75, 3.05) is 12.3 Å². The van der Waals surface area contributed by atoms with E-state index < -0.39 is 55.2 Å². The largest absolute Gasteiger partial charge is 0.508 e. The number of phenolic OH excluding ortho intramolecular Hbond substituents is 3. The molecule has 3 aromatic rings. The van der Waals surface area contributed by atoms with Crippen LogP contribution >= 0.6 is 19.6 Å². The zero-order valence-electron chi connectivity index (χ0n) is 16.2. The second-order valence-corrected chi connectivity index (χ2v) is 9.58. The van der Waals surface area contributed by atoms with Gasteiger partial charge in [-0.1, -0.05) is 0 Å². The Bertz CT molecular complexity index is 1350. The zero-order chi connectivity index (χ0) is 23.7. The number of nitrogens with one attached hydrogen (secondary N) is 1. The van der Waals surface area contributed by atoms with Crippen LogP contribution in [0.2, 0.25) is 0 Å². The zero-order valence-corrected chi connectivity index (χ0v) is 17.9. The average molecular weight is 501 g/mol. The number of imidazole rings is 1. The highest BCUT2D eigenvalue weighted by Crippen LogP contribution is 2.53. The first-order chi connectivity index (χ1) is 15.5. The molecule has 176 valence electrons. The Kier molecular flexibility index (Phi) is 5.06. The van der Waals surface area contributed by atoms with Crippen molar-refractivity contribution in [3.05, 3.63) is 22.5 Å². The van der Waals surface area contributed by atoms with Gasteiger partial charge < -0.3 is 35.8 Å². The number of nitrogen functional groups attached to an aromatic ring is 1. The topological polar surface area (TPSA) is 235 Å². The average Bonchev–Trinajstić information content (AvgIpc) is 3.21. The predicted molar refractivity (Wildman–Crippen MR) is 109 cm³/mol. The van der Waals surface area contributed by atoms with Crippen molar-refractivity contribution in [3.8, 4) is 17.2 Å². The van der Waals surface area contributed by atoms with Crippen molar-refractivity contribution in [1.29, 1.82) is 0 Å². The van der Waals surface area contributed by atoms with E-state index in [9.17, 15) is 34.7 Å². The highest BCUT2D eigenvalue weighted by Gasteiger charge is 2.53. The molecule has 0 radical (unpaired) electrons. The molecule has 0 saturated carbocycles. The van der Waals surface area contributed by atoms with Crippen LogP contribution in [0, 0.1) is 0 Å². The Morgan fingerprint density at radius 2 is 1.94 bits per heavy atom. The molecule has 8 N–H and O–H groups in total. The number of nitrogens with two attached hydrogens (primary N) is 1. The van der Waals surface area contributed by atoms with Gasteiger partial charge in [0, 0.05) is 12.1 Å². The van der Waals surface area contributed by atoms with Gasteiger partial charge in [-0.25, -0.2) is 9.55 Å². The summed E-state index contributed by atoms with van der Waals surface area (Å²) in [5, 5.41) is 40.7. The van der Waals surface area contributed by atoms with Crippen LogP contribution in [0.3, 0.4) is 0 Å². The number of ether oxygens (including phenoxy) is 1. The van der Waals surface area contributed by atoms with Gasteiger partial charge in [0.1, 0.15) is 35.6 Å². The molecule has 0 amide bonds. The SMILES string of the molecule is Nc1nc2c(nc(Sc3c(O)cc(O)cc3O)n2[C@@H]2O[C@@H]3COP(=O)(O)O[C@H]3[C@H]2O)c(=O)[nH]1. The minimum Gasteiger partial charge on any atom is -0.508 e. The van der Waals surface area contributed by atoms with E-state index >= 15 is 0 Å². The first-order valence-corrected chi connectivity index (χ1v) is 11.5. The molecule has 2 saturated heterocycles. The summed E-state index contributed by atoms with van der Waals surface area (Å²) in [5.74, 6) is -1.63. The van der Waals surface area contributed by atoms with Crippen LogP contribution in [0.25, 0.3) is 11.2 Å². The third-order valence-electron chi connectivity index (χ3n) is 4.99. The van der Waals surface area contributed by atoms with Gasteiger partial charge in [-0.3, -0.25) is 23.4 Å². The summed E-state index contributed by atoms with van der Waals surface area (Å²) in [5.41, 5.74) is 4.66.